The van der Waals surface area contributed by atoms with E-state index in [4.69, 9.17) is 0 Å². The highest BCUT2D eigenvalue weighted by Gasteiger charge is 2.34. The van der Waals surface area contributed by atoms with Gasteiger partial charge in [-0.1, -0.05) is 42.6 Å². The monoisotopic (exact) mass is 363 g/mol. The molecule has 1 aromatic carbocycles. The molecule has 1 N–H and O–H groups in total. The van der Waals surface area contributed by atoms with Gasteiger partial charge in [0.25, 0.3) is 0 Å². The minimum Gasteiger partial charge on any atom is -0.382 e. The van der Waals surface area contributed by atoms with E-state index in [1.807, 2.05) is 0 Å². The van der Waals surface area contributed by atoms with Crippen molar-refractivity contribution in [3.8, 4) is 0 Å². The van der Waals surface area contributed by atoms with Crippen LogP contribution in [0.2, 0.25) is 0 Å². The maximum atomic E-state index is 13.0. The fraction of sp³-hybridized carbons (Fsp3) is 0.625. The molecule has 0 aromatic heterocycles. The molecule has 1 fully saturated rings. The summed E-state index contributed by atoms with van der Waals surface area (Å²) in [5, 5.41) is 3.33. The van der Waals surface area contributed by atoms with Crippen molar-refractivity contribution in [1.82, 2.24) is 0 Å². The predicted octanol–water partition coefficient (Wildman–Crippen LogP) is 6.09. The molecule has 0 saturated heterocycles. The first-order valence-corrected chi connectivity index (χ1v) is 8.21. The van der Waals surface area contributed by atoms with Crippen LogP contribution in [0.1, 0.15) is 45.1 Å². The third kappa shape index (κ3) is 4.15. The molecule has 1 aliphatic carbocycles. The number of anilines is 1. The summed E-state index contributed by atoms with van der Waals surface area (Å²) in [6.07, 6.45) is 0.206. The molecule has 0 aliphatic heterocycles. The Labute approximate surface area is 132 Å². The summed E-state index contributed by atoms with van der Waals surface area (Å²) in [5.41, 5.74) is -0.0625. The molecule has 1 aliphatic rings. The van der Waals surface area contributed by atoms with Crippen molar-refractivity contribution >= 4 is 21.6 Å². The quantitative estimate of drug-likeness (QED) is 0.684. The summed E-state index contributed by atoms with van der Waals surface area (Å²) in [6, 6.07) is 4.65. The van der Waals surface area contributed by atoms with E-state index in [0.29, 0.717) is 17.5 Å². The van der Waals surface area contributed by atoms with Gasteiger partial charge < -0.3 is 5.32 Å². The summed E-state index contributed by atoms with van der Waals surface area (Å²) in [7, 11) is 0. The van der Waals surface area contributed by atoms with Crippen molar-refractivity contribution in [1.29, 1.82) is 0 Å². The lowest BCUT2D eigenvalue weighted by Crippen LogP contribution is -2.35. The molecular formula is C16H21BrF3N. The molecule has 1 nitrogen and oxygen atoms in total. The van der Waals surface area contributed by atoms with E-state index >= 15 is 0 Å². The van der Waals surface area contributed by atoms with E-state index in [9.17, 15) is 13.2 Å². The average Bonchev–Trinajstić information content (AvgIpc) is 2.40. The number of hydrogen-bond acceptors (Lipinski definition) is 1. The van der Waals surface area contributed by atoms with Gasteiger partial charge in [0.1, 0.15) is 0 Å². The first-order chi connectivity index (χ1) is 9.79. The zero-order valence-electron chi connectivity index (χ0n) is 12.3. The summed E-state index contributed by atoms with van der Waals surface area (Å²) >= 11 is 2.98. The van der Waals surface area contributed by atoms with Gasteiger partial charge >= 0.3 is 6.18 Å². The molecule has 5 heteroatoms. The fourth-order valence-electron chi connectivity index (χ4n) is 3.18. The van der Waals surface area contributed by atoms with Crippen molar-refractivity contribution in [3.05, 3.63) is 28.2 Å². The Morgan fingerprint density at radius 2 is 1.86 bits per heavy atom. The Hall–Kier alpha value is -0.710. The van der Waals surface area contributed by atoms with Gasteiger partial charge in [0.05, 0.1) is 5.56 Å². The maximum absolute atomic E-state index is 13.0. The van der Waals surface area contributed by atoms with Crippen LogP contribution >= 0.6 is 15.9 Å². The van der Waals surface area contributed by atoms with Crippen molar-refractivity contribution in [2.75, 3.05) is 5.32 Å². The number of hydrogen-bond donors (Lipinski definition) is 1. The molecule has 21 heavy (non-hydrogen) atoms. The summed E-state index contributed by atoms with van der Waals surface area (Å²) in [6.45, 7) is 4.38. The van der Waals surface area contributed by atoms with E-state index in [1.54, 1.807) is 6.07 Å². The zero-order valence-corrected chi connectivity index (χ0v) is 13.9. The highest BCUT2D eigenvalue weighted by molar-refractivity contribution is 9.10. The molecule has 0 bridgehead atoms. The Bertz CT molecular complexity index is 485. The van der Waals surface area contributed by atoms with Gasteiger partial charge in [-0.2, -0.15) is 13.2 Å². The van der Waals surface area contributed by atoms with E-state index in [2.05, 4.69) is 35.1 Å². The first kappa shape index (κ1) is 16.7. The highest BCUT2D eigenvalue weighted by Crippen LogP contribution is 2.38. The smallest absolute Gasteiger partial charge is 0.382 e. The van der Waals surface area contributed by atoms with Crippen LogP contribution in [0.5, 0.6) is 0 Å². The van der Waals surface area contributed by atoms with E-state index in [0.717, 1.165) is 19.3 Å². The van der Waals surface area contributed by atoms with Gasteiger partial charge in [0, 0.05) is 16.2 Å². The second-order valence-corrected chi connectivity index (χ2v) is 6.99. The average molecular weight is 364 g/mol. The molecule has 2 rings (SSSR count). The van der Waals surface area contributed by atoms with Gasteiger partial charge in [-0.25, -0.2) is 0 Å². The van der Waals surface area contributed by atoms with Crippen LogP contribution in [-0.2, 0) is 6.18 Å². The topological polar surface area (TPSA) is 12.0 Å². The van der Waals surface area contributed by atoms with Crippen LogP contribution in [0.25, 0.3) is 0 Å². The highest BCUT2D eigenvalue weighted by atomic mass is 79.9. The summed E-state index contributed by atoms with van der Waals surface area (Å²) in [5.74, 6) is 1.07. The number of alkyl halides is 3. The number of halogens is 4. The Morgan fingerprint density at radius 3 is 2.48 bits per heavy atom. The molecule has 1 aromatic rings. The molecule has 0 amide bonds. The zero-order chi connectivity index (χ0) is 15.6. The van der Waals surface area contributed by atoms with Gasteiger partial charge in [0.2, 0.25) is 0 Å². The molecule has 1 saturated carbocycles. The van der Waals surface area contributed by atoms with E-state index in [-0.39, 0.29) is 10.5 Å². The van der Waals surface area contributed by atoms with Crippen LogP contribution in [0.3, 0.4) is 0 Å². The Morgan fingerprint density at radius 1 is 1.19 bits per heavy atom. The van der Waals surface area contributed by atoms with Crippen LogP contribution in [-0.4, -0.2) is 6.04 Å². The van der Waals surface area contributed by atoms with E-state index < -0.39 is 11.7 Å². The van der Waals surface area contributed by atoms with Crippen molar-refractivity contribution in [2.45, 2.75) is 51.7 Å². The van der Waals surface area contributed by atoms with Gasteiger partial charge in [0.15, 0.2) is 0 Å². The van der Waals surface area contributed by atoms with Gasteiger partial charge in [-0.15, -0.1) is 0 Å². The Kier molecular flexibility index (Phi) is 5.23. The third-order valence-electron chi connectivity index (χ3n) is 4.30. The standard InChI is InChI=1S/C16H21BrF3N/c1-10(2)12-5-3-4-6-15(12)21-11-7-8-14(17)13(9-11)16(18,19)20/h7-10,12,15,21H,3-6H2,1-2H3. The van der Waals surface area contributed by atoms with Crippen LogP contribution in [0.4, 0.5) is 18.9 Å². The lowest BCUT2D eigenvalue weighted by atomic mass is 9.78. The molecule has 0 spiro atoms. The van der Waals surface area contributed by atoms with Crippen molar-refractivity contribution < 1.29 is 13.2 Å². The maximum Gasteiger partial charge on any atom is 0.417 e. The minimum absolute atomic E-state index is 0.0876. The first-order valence-electron chi connectivity index (χ1n) is 7.42. The molecular weight excluding hydrogens is 343 g/mol. The summed E-state index contributed by atoms with van der Waals surface area (Å²) < 4.78 is 39.0. The molecule has 2 atom stereocenters. The number of nitrogens with one attached hydrogen (secondary N) is 1. The lowest BCUT2D eigenvalue weighted by Gasteiger charge is -2.35. The fourth-order valence-corrected chi connectivity index (χ4v) is 3.65. The minimum atomic E-state index is -4.33. The van der Waals surface area contributed by atoms with Crippen molar-refractivity contribution in [2.24, 2.45) is 11.8 Å². The Balaban J connectivity index is 2.19. The van der Waals surface area contributed by atoms with E-state index in [1.165, 1.54) is 18.6 Å². The van der Waals surface area contributed by atoms with Crippen LogP contribution in [0.15, 0.2) is 22.7 Å². The predicted molar refractivity (Wildman–Crippen MR) is 83.4 cm³/mol. The lowest BCUT2D eigenvalue weighted by molar-refractivity contribution is -0.138. The normalized spacial score (nSPS) is 23.4. The van der Waals surface area contributed by atoms with Crippen LogP contribution < -0.4 is 5.32 Å². The van der Waals surface area contributed by atoms with Gasteiger partial charge in [-0.05, 0) is 42.9 Å². The number of benzene rings is 1. The van der Waals surface area contributed by atoms with Crippen LogP contribution in [0, 0.1) is 11.8 Å². The second-order valence-electron chi connectivity index (χ2n) is 6.14. The SMILES string of the molecule is CC(C)C1CCCCC1Nc1ccc(Br)c(C(F)(F)F)c1. The van der Waals surface area contributed by atoms with Gasteiger partial charge in [-0.3, -0.25) is 0 Å². The summed E-state index contributed by atoms with van der Waals surface area (Å²) in [4.78, 5) is 0. The third-order valence-corrected chi connectivity index (χ3v) is 4.99. The number of rotatable bonds is 3. The van der Waals surface area contributed by atoms with Crippen molar-refractivity contribution in [3.63, 3.8) is 0 Å². The molecule has 118 valence electrons. The molecule has 2 unspecified atom stereocenters. The molecule has 0 heterocycles. The second kappa shape index (κ2) is 6.59. The largest absolute Gasteiger partial charge is 0.417 e. The molecule has 0 radical (unpaired) electrons.